The summed E-state index contributed by atoms with van der Waals surface area (Å²) in [5.41, 5.74) is 1.21. The van der Waals surface area contributed by atoms with Crippen LogP contribution in [0.25, 0.3) is 0 Å². The Balaban J connectivity index is 1.18. The molecule has 1 aromatic rings. The first-order valence-corrected chi connectivity index (χ1v) is 11.5. The first-order chi connectivity index (χ1) is 16.1. The number of carbonyl (C=O) groups excluding carboxylic acids is 2. The van der Waals surface area contributed by atoms with Gasteiger partial charge in [-0.05, 0) is 25.0 Å². The maximum absolute atomic E-state index is 12.6. The number of azo groups is 1. The van der Waals surface area contributed by atoms with Gasteiger partial charge < -0.3 is 19.4 Å². The van der Waals surface area contributed by atoms with E-state index < -0.39 is 11.3 Å². The van der Waals surface area contributed by atoms with Gasteiger partial charge in [0.15, 0.2) is 5.38 Å². The number of hydrogen-bond acceptors (Lipinski definition) is 8. The van der Waals surface area contributed by atoms with Crippen LogP contribution in [-0.4, -0.2) is 84.0 Å². The minimum absolute atomic E-state index is 0.0764. The number of likely N-dealkylation sites (tertiary alicyclic amines) is 1. The number of carbonyl (C=O) groups is 2. The van der Waals surface area contributed by atoms with Crippen LogP contribution in [0.1, 0.15) is 24.8 Å². The number of amides is 2. The fraction of sp³-hybridized carbons (Fsp3) is 0.545. The minimum Gasteiger partial charge on any atom is -0.379 e. The van der Waals surface area contributed by atoms with Crippen LogP contribution in [0.15, 0.2) is 40.5 Å². The standard InChI is InChI=1S/C22H26ClN7O3/c23-21-18(14-26-27-22(21)32)30-6-1-2-17(30)15-33-11-5-20(31)29-9-7-28(8-10-29)19-4-3-16(12-24)13-25-19/h3-4,13-14,17,21H,1-2,5-11,15H2/t17-,21?/m0/s1. The van der Waals surface area contributed by atoms with E-state index in [0.717, 1.165) is 25.2 Å². The van der Waals surface area contributed by atoms with Crippen molar-refractivity contribution in [1.29, 1.82) is 5.26 Å². The summed E-state index contributed by atoms with van der Waals surface area (Å²) in [5.74, 6) is 0.454. The first kappa shape index (κ1) is 23.1. The van der Waals surface area contributed by atoms with E-state index in [1.807, 2.05) is 11.0 Å². The van der Waals surface area contributed by atoms with Gasteiger partial charge in [-0.15, -0.1) is 16.7 Å². The highest BCUT2D eigenvalue weighted by Gasteiger charge is 2.34. The van der Waals surface area contributed by atoms with Gasteiger partial charge in [-0.3, -0.25) is 9.59 Å². The zero-order valence-corrected chi connectivity index (χ0v) is 19.0. The number of pyridine rings is 1. The molecule has 0 bridgehead atoms. The Morgan fingerprint density at radius 3 is 2.79 bits per heavy atom. The van der Waals surface area contributed by atoms with E-state index in [1.165, 1.54) is 0 Å². The van der Waals surface area contributed by atoms with Crippen molar-refractivity contribution in [3.8, 4) is 6.07 Å². The molecule has 174 valence electrons. The number of rotatable bonds is 7. The smallest absolute Gasteiger partial charge is 0.288 e. The van der Waals surface area contributed by atoms with Crippen molar-refractivity contribution < 1.29 is 14.3 Å². The van der Waals surface area contributed by atoms with Crippen molar-refractivity contribution in [2.45, 2.75) is 30.7 Å². The molecule has 0 spiro atoms. The highest BCUT2D eigenvalue weighted by Crippen LogP contribution is 2.29. The zero-order valence-electron chi connectivity index (χ0n) is 18.3. The fourth-order valence-electron chi connectivity index (χ4n) is 4.32. The van der Waals surface area contributed by atoms with Crippen molar-refractivity contribution >= 4 is 29.2 Å². The monoisotopic (exact) mass is 471 g/mol. The van der Waals surface area contributed by atoms with Crippen LogP contribution in [0.2, 0.25) is 0 Å². The van der Waals surface area contributed by atoms with Crippen LogP contribution >= 0.6 is 11.6 Å². The van der Waals surface area contributed by atoms with Gasteiger partial charge in [0.2, 0.25) is 5.91 Å². The molecule has 3 aliphatic rings. The summed E-state index contributed by atoms with van der Waals surface area (Å²) in [6.45, 7) is 4.28. The van der Waals surface area contributed by atoms with Crippen LogP contribution in [0.4, 0.5) is 5.82 Å². The molecule has 10 nitrogen and oxygen atoms in total. The number of nitriles is 1. The molecule has 2 atom stereocenters. The van der Waals surface area contributed by atoms with Crippen LogP contribution in [-0.2, 0) is 14.3 Å². The molecule has 2 saturated heterocycles. The molecule has 3 aliphatic heterocycles. The molecule has 1 aromatic heterocycles. The van der Waals surface area contributed by atoms with Gasteiger partial charge in [0, 0.05) is 38.9 Å². The quantitative estimate of drug-likeness (QED) is 0.440. The number of aromatic nitrogens is 1. The van der Waals surface area contributed by atoms with E-state index in [0.29, 0.717) is 57.1 Å². The lowest BCUT2D eigenvalue weighted by Crippen LogP contribution is -2.49. The number of piperazine rings is 1. The van der Waals surface area contributed by atoms with E-state index in [1.54, 1.807) is 18.5 Å². The molecule has 2 amide bonds. The third kappa shape index (κ3) is 5.49. The van der Waals surface area contributed by atoms with Crippen molar-refractivity contribution in [2.75, 3.05) is 50.8 Å². The summed E-state index contributed by atoms with van der Waals surface area (Å²) in [6, 6.07) is 5.76. The average Bonchev–Trinajstić information content (AvgIpc) is 3.32. The summed E-state index contributed by atoms with van der Waals surface area (Å²) in [5, 5.41) is 15.3. The number of ether oxygens (including phenoxy) is 1. The van der Waals surface area contributed by atoms with Gasteiger partial charge in [0.1, 0.15) is 11.9 Å². The van der Waals surface area contributed by atoms with Gasteiger partial charge in [-0.1, -0.05) is 0 Å². The number of halogens is 1. The van der Waals surface area contributed by atoms with Gasteiger partial charge >= 0.3 is 0 Å². The molecular weight excluding hydrogens is 446 g/mol. The largest absolute Gasteiger partial charge is 0.379 e. The second kappa shape index (κ2) is 10.7. The van der Waals surface area contributed by atoms with Gasteiger partial charge in [-0.25, -0.2) is 4.98 Å². The third-order valence-corrected chi connectivity index (χ3v) is 6.55. The molecule has 0 aromatic carbocycles. The van der Waals surface area contributed by atoms with Gasteiger partial charge in [0.05, 0.1) is 43.1 Å². The molecule has 0 saturated carbocycles. The lowest BCUT2D eigenvalue weighted by atomic mass is 10.2. The summed E-state index contributed by atoms with van der Waals surface area (Å²) in [6.07, 6.45) is 5.36. The molecule has 11 heteroatoms. The summed E-state index contributed by atoms with van der Waals surface area (Å²) < 4.78 is 5.83. The summed E-state index contributed by atoms with van der Waals surface area (Å²) in [4.78, 5) is 34.7. The Hall–Kier alpha value is -3.03. The third-order valence-electron chi connectivity index (χ3n) is 6.14. The van der Waals surface area contributed by atoms with E-state index >= 15 is 0 Å². The average molecular weight is 472 g/mol. The molecule has 33 heavy (non-hydrogen) atoms. The van der Waals surface area contributed by atoms with E-state index in [4.69, 9.17) is 21.6 Å². The molecular formula is C22H26ClN7O3. The maximum atomic E-state index is 12.6. The number of alkyl halides is 1. The van der Waals surface area contributed by atoms with Gasteiger partial charge in [0.25, 0.3) is 5.91 Å². The molecule has 0 radical (unpaired) electrons. The number of anilines is 1. The minimum atomic E-state index is -0.803. The predicted molar refractivity (Wildman–Crippen MR) is 120 cm³/mol. The van der Waals surface area contributed by atoms with E-state index in [-0.39, 0.29) is 11.9 Å². The van der Waals surface area contributed by atoms with Crippen LogP contribution in [0.5, 0.6) is 0 Å². The molecule has 4 heterocycles. The molecule has 0 N–H and O–H groups in total. The Morgan fingerprint density at radius 2 is 2.06 bits per heavy atom. The van der Waals surface area contributed by atoms with Crippen LogP contribution in [0.3, 0.4) is 0 Å². The Labute approximate surface area is 197 Å². The molecule has 4 rings (SSSR count). The number of nitrogens with zero attached hydrogens (tertiary/aromatic N) is 7. The SMILES string of the molecule is N#Cc1ccc(N2CCN(C(=O)CCOC[C@@H]3CCCN3C3=CN=NC(=O)C3Cl)CC2)nc1. The van der Waals surface area contributed by atoms with E-state index in [2.05, 4.69) is 31.1 Å². The Bertz CT molecular complexity index is 967. The van der Waals surface area contributed by atoms with Crippen LogP contribution in [0, 0.1) is 11.3 Å². The van der Waals surface area contributed by atoms with Crippen LogP contribution < -0.4 is 4.90 Å². The highest BCUT2D eigenvalue weighted by atomic mass is 35.5. The fourth-order valence-corrected chi connectivity index (χ4v) is 4.54. The molecule has 2 fully saturated rings. The normalized spacial score (nSPS) is 23.0. The van der Waals surface area contributed by atoms with Crippen molar-refractivity contribution in [1.82, 2.24) is 14.8 Å². The molecule has 0 aliphatic carbocycles. The lowest BCUT2D eigenvalue weighted by Gasteiger charge is -2.35. The summed E-state index contributed by atoms with van der Waals surface area (Å²) >= 11 is 6.21. The first-order valence-electron chi connectivity index (χ1n) is 11.1. The van der Waals surface area contributed by atoms with Gasteiger partial charge in [-0.2, -0.15) is 10.4 Å². The summed E-state index contributed by atoms with van der Waals surface area (Å²) in [7, 11) is 0. The van der Waals surface area contributed by atoms with Crippen molar-refractivity contribution in [3.05, 3.63) is 35.8 Å². The maximum Gasteiger partial charge on any atom is 0.288 e. The number of hydrogen-bond donors (Lipinski definition) is 0. The second-order valence-electron chi connectivity index (χ2n) is 8.17. The second-order valence-corrected chi connectivity index (χ2v) is 8.61. The lowest BCUT2D eigenvalue weighted by molar-refractivity contribution is -0.132. The zero-order chi connectivity index (χ0) is 23.2. The highest BCUT2D eigenvalue weighted by molar-refractivity contribution is 6.33. The Kier molecular flexibility index (Phi) is 7.52. The molecule has 1 unspecified atom stereocenters. The Morgan fingerprint density at radius 1 is 1.24 bits per heavy atom. The topological polar surface area (TPSA) is 114 Å². The van der Waals surface area contributed by atoms with Crippen molar-refractivity contribution in [2.24, 2.45) is 10.2 Å². The predicted octanol–water partition coefficient (Wildman–Crippen LogP) is 1.91. The van der Waals surface area contributed by atoms with Crippen molar-refractivity contribution in [3.63, 3.8) is 0 Å². The van der Waals surface area contributed by atoms with E-state index in [9.17, 15) is 9.59 Å².